The maximum absolute atomic E-state index is 11.5. The van der Waals surface area contributed by atoms with Gasteiger partial charge in [-0.1, -0.05) is 12.1 Å². The van der Waals surface area contributed by atoms with Crippen molar-refractivity contribution in [1.29, 1.82) is 0 Å². The molecule has 4 heteroatoms. The van der Waals surface area contributed by atoms with Crippen LogP contribution < -0.4 is 14.9 Å². The number of halogens is 1. The highest BCUT2D eigenvalue weighted by molar-refractivity contribution is 6.28. The van der Waals surface area contributed by atoms with Crippen LogP contribution in [0.4, 0.5) is 5.69 Å². The molecule has 0 fully saturated rings. The number of hydrogen-bond donors (Lipinski definition) is 0. The van der Waals surface area contributed by atoms with Crippen LogP contribution in [0.15, 0.2) is 29.3 Å². The normalized spacial score (nSPS) is 16.4. The average Bonchev–Trinajstić information content (AvgIpc) is 2.45. The van der Waals surface area contributed by atoms with Gasteiger partial charge < -0.3 is 0 Å². The molecule has 0 bridgehead atoms. The summed E-state index contributed by atoms with van der Waals surface area (Å²) in [6.45, 7) is 0.472. The molecule has 20 heavy (non-hydrogen) atoms. The van der Waals surface area contributed by atoms with Gasteiger partial charge >= 0.3 is 0 Å². The summed E-state index contributed by atoms with van der Waals surface area (Å²) >= 11 is 6.17. The van der Waals surface area contributed by atoms with Crippen molar-refractivity contribution < 1.29 is 4.79 Å². The fourth-order valence-corrected chi connectivity index (χ4v) is 3.00. The van der Waals surface area contributed by atoms with Crippen molar-refractivity contribution in [3.8, 4) is 0 Å². The van der Waals surface area contributed by atoms with E-state index in [1.807, 2.05) is 24.4 Å². The van der Waals surface area contributed by atoms with E-state index in [1.54, 1.807) is 10.5 Å². The van der Waals surface area contributed by atoms with Crippen LogP contribution in [0.2, 0.25) is 0 Å². The van der Waals surface area contributed by atoms with E-state index in [1.165, 1.54) is 0 Å². The molecule has 0 saturated carbocycles. The lowest BCUT2D eigenvalue weighted by Crippen LogP contribution is -2.29. The zero-order valence-corrected chi connectivity index (χ0v) is 11.4. The quantitative estimate of drug-likeness (QED) is 0.689. The summed E-state index contributed by atoms with van der Waals surface area (Å²) in [4.78, 5) is 15.8. The van der Waals surface area contributed by atoms with E-state index in [-0.39, 0.29) is 5.78 Å². The second-order valence-corrected chi connectivity index (χ2v) is 5.44. The molecule has 0 amide bonds. The predicted octanol–water partition coefficient (Wildman–Crippen LogP) is 1.72. The van der Waals surface area contributed by atoms with E-state index in [4.69, 9.17) is 11.8 Å². The Balaban J connectivity index is 2.12. The van der Waals surface area contributed by atoms with Crippen molar-refractivity contribution in [2.75, 3.05) is 11.1 Å². The number of aliphatic imine (C=N–C) groups is 1. The molecular formula is C16H11ClN2O. The molecular weight excluding hydrogens is 272 g/mol. The van der Waals surface area contributed by atoms with Crippen LogP contribution in [-0.4, -0.2) is 18.7 Å². The minimum absolute atomic E-state index is 0.156. The molecule has 0 atom stereocenters. The highest BCUT2D eigenvalue weighted by Gasteiger charge is 2.15. The van der Waals surface area contributed by atoms with Gasteiger partial charge in [0.2, 0.25) is 0 Å². The zero-order chi connectivity index (χ0) is 13.7. The number of benzene rings is 2. The number of carbonyl (C=O) groups excluding carboxylic acids is 1. The molecule has 4 rings (SSSR count). The Kier molecular flexibility index (Phi) is 2.44. The molecule has 1 aliphatic heterocycles. The van der Waals surface area contributed by atoms with E-state index < -0.39 is 0 Å². The first-order valence-electron chi connectivity index (χ1n) is 6.47. The Bertz CT molecular complexity index is 899. The van der Waals surface area contributed by atoms with E-state index in [9.17, 15) is 4.79 Å². The summed E-state index contributed by atoms with van der Waals surface area (Å²) in [7, 11) is 0. The summed E-state index contributed by atoms with van der Waals surface area (Å²) in [6.07, 6.45) is 6.05. The molecule has 98 valence electrons. The van der Waals surface area contributed by atoms with Crippen molar-refractivity contribution >= 4 is 52.4 Å². The van der Waals surface area contributed by atoms with Crippen molar-refractivity contribution in [3.05, 3.63) is 40.3 Å². The Morgan fingerprint density at radius 2 is 2.10 bits per heavy atom. The van der Waals surface area contributed by atoms with Crippen LogP contribution in [0.5, 0.6) is 0 Å². The number of nitrogens with zero attached hydrogens (tertiary/aromatic N) is 2. The number of hydrogen-bond acceptors (Lipinski definition) is 3. The number of Topliss-reactive ketones (excluding diaryl/α,β-unsaturated/α-hetero) is 1. The molecule has 0 radical (unpaired) electrons. The van der Waals surface area contributed by atoms with Gasteiger partial charge in [0.05, 0.1) is 5.69 Å². The third-order valence-electron chi connectivity index (χ3n) is 3.77. The van der Waals surface area contributed by atoms with E-state index >= 15 is 0 Å². The summed E-state index contributed by atoms with van der Waals surface area (Å²) in [5.41, 5.74) is 2.02. The molecule has 0 saturated heterocycles. The molecule has 1 heterocycles. The smallest absolute Gasteiger partial charge is 0.160 e. The van der Waals surface area contributed by atoms with Gasteiger partial charge in [-0.2, -0.15) is 0 Å². The zero-order valence-electron chi connectivity index (χ0n) is 10.6. The third-order valence-corrected chi connectivity index (χ3v) is 4.06. The molecule has 0 unspecified atom stereocenters. The Morgan fingerprint density at radius 3 is 3.00 bits per heavy atom. The van der Waals surface area contributed by atoms with Crippen LogP contribution >= 0.6 is 11.8 Å². The number of fused-ring (bicyclic) bond motifs is 4. The summed E-state index contributed by atoms with van der Waals surface area (Å²) < 4.78 is 1.62. The number of anilines is 1. The molecule has 2 aliphatic rings. The van der Waals surface area contributed by atoms with Gasteiger partial charge in [0.25, 0.3) is 0 Å². The number of rotatable bonds is 0. The monoisotopic (exact) mass is 282 g/mol. The summed E-state index contributed by atoms with van der Waals surface area (Å²) in [5.74, 6) is 0.156. The fourth-order valence-electron chi connectivity index (χ4n) is 2.79. The van der Waals surface area contributed by atoms with Crippen molar-refractivity contribution in [2.24, 2.45) is 4.99 Å². The fraction of sp³-hybridized carbons (Fsp3) is 0.125. The first-order valence-corrected chi connectivity index (χ1v) is 6.81. The largest absolute Gasteiger partial charge is 0.294 e. The lowest BCUT2D eigenvalue weighted by Gasteiger charge is -2.21. The first-order chi connectivity index (χ1) is 9.72. The molecule has 0 N–H and O–H groups in total. The van der Waals surface area contributed by atoms with Crippen LogP contribution in [0.25, 0.3) is 22.9 Å². The standard InChI is InChI=1S/C16H11ClN2O/c17-19-9-18-8-15-14-7-10-1-3-13(20)6-12(10)5-11(14)2-4-16(15)19/h1-2,4-8H,3,9H2. The lowest BCUT2D eigenvalue weighted by atomic mass is 9.98. The van der Waals surface area contributed by atoms with Gasteiger partial charge in [-0.05, 0) is 45.5 Å². The van der Waals surface area contributed by atoms with Gasteiger partial charge in [-0.15, -0.1) is 0 Å². The number of carbonyl (C=O) groups is 1. The van der Waals surface area contributed by atoms with Crippen LogP contribution in [0.1, 0.15) is 12.0 Å². The topological polar surface area (TPSA) is 32.7 Å². The molecule has 2 aromatic rings. The SMILES string of the molecule is O=C1C=c2cc3ccc4c(c3cc2=CC1)C=NCN4Cl. The van der Waals surface area contributed by atoms with Crippen molar-refractivity contribution in [3.63, 3.8) is 0 Å². The van der Waals surface area contributed by atoms with Crippen LogP contribution in [0.3, 0.4) is 0 Å². The van der Waals surface area contributed by atoms with Crippen LogP contribution in [0, 0.1) is 0 Å². The van der Waals surface area contributed by atoms with E-state index in [0.717, 1.165) is 32.5 Å². The molecule has 2 aromatic carbocycles. The predicted molar refractivity (Wildman–Crippen MR) is 82.5 cm³/mol. The second kappa shape index (κ2) is 4.18. The Morgan fingerprint density at radius 1 is 1.20 bits per heavy atom. The van der Waals surface area contributed by atoms with Gasteiger partial charge in [-0.3, -0.25) is 14.2 Å². The van der Waals surface area contributed by atoms with E-state index in [2.05, 4.69) is 17.1 Å². The van der Waals surface area contributed by atoms with Gasteiger partial charge in [0, 0.05) is 30.0 Å². The number of ketones is 1. The molecule has 1 aliphatic carbocycles. The minimum Gasteiger partial charge on any atom is -0.294 e. The van der Waals surface area contributed by atoms with E-state index in [0.29, 0.717) is 13.1 Å². The summed E-state index contributed by atoms with van der Waals surface area (Å²) in [6, 6.07) is 8.21. The first kappa shape index (κ1) is 11.7. The maximum Gasteiger partial charge on any atom is 0.160 e. The van der Waals surface area contributed by atoms with Gasteiger partial charge in [0.15, 0.2) is 5.78 Å². The minimum atomic E-state index is 0.156. The average molecular weight is 283 g/mol. The lowest BCUT2D eigenvalue weighted by molar-refractivity contribution is -0.112. The van der Waals surface area contributed by atoms with Crippen LogP contribution in [-0.2, 0) is 4.79 Å². The Labute approximate surface area is 120 Å². The van der Waals surface area contributed by atoms with Gasteiger partial charge in [-0.25, -0.2) is 0 Å². The highest BCUT2D eigenvalue weighted by atomic mass is 35.5. The molecule has 0 spiro atoms. The molecule has 0 aromatic heterocycles. The summed E-state index contributed by atoms with van der Waals surface area (Å²) in [5, 5.41) is 4.31. The maximum atomic E-state index is 11.5. The van der Waals surface area contributed by atoms with Gasteiger partial charge in [0.1, 0.15) is 6.67 Å². The van der Waals surface area contributed by atoms with Crippen molar-refractivity contribution in [1.82, 2.24) is 0 Å². The molecule has 3 nitrogen and oxygen atoms in total. The van der Waals surface area contributed by atoms with Crippen molar-refractivity contribution in [2.45, 2.75) is 6.42 Å². The highest BCUT2D eigenvalue weighted by Crippen LogP contribution is 2.29. The second-order valence-electron chi connectivity index (χ2n) is 5.03. The third kappa shape index (κ3) is 1.67. The Hall–Kier alpha value is -2.13.